The Hall–Kier alpha value is -2.51. The molecule has 7 heteroatoms. The minimum absolute atomic E-state index is 0.178. The highest BCUT2D eigenvalue weighted by Gasteiger charge is 2.34. The number of nitrogens with one attached hydrogen (secondary N) is 2. The number of carbonyl (C=O) groups excluding carboxylic acids is 2. The molecule has 1 saturated heterocycles. The van der Waals surface area contributed by atoms with Crippen molar-refractivity contribution < 1.29 is 19.1 Å². The summed E-state index contributed by atoms with van der Waals surface area (Å²) < 4.78 is 10.5. The van der Waals surface area contributed by atoms with Crippen LogP contribution in [-0.2, 0) is 20.9 Å². The van der Waals surface area contributed by atoms with E-state index in [0.717, 1.165) is 23.3 Å². The first-order chi connectivity index (χ1) is 14.1. The largest absolute Gasteiger partial charge is 0.497 e. The van der Waals surface area contributed by atoms with E-state index < -0.39 is 11.8 Å². The number of hydrogen-bond donors (Lipinski definition) is 2. The third-order valence-corrected chi connectivity index (χ3v) is 6.34. The number of hydrogen-bond acceptors (Lipinski definition) is 5. The van der Waals surface area contributed by atoms with Crippen molar-refractivity contribution in [2.45, 2.75) is 29.0 Å². The lowest BCUT2D eigenvalue weighted by Gasteiger charge is -2.36. The first kappa shape index (κ1) is 21.2. The predicted molar refractivity (Wildman–Crippen MR) is 113 cm³/mol. The van der Waals surface area contributed by atoms with E-state index in [2.05, 4.69) is 22.8 Å². The molecule has 6 nitrogen and oxygen atoms in total. The van der Waals surface area contributed by atoms with E-state index in [0.29, 0.717) is 25.5 Å². The van der Waals surface area contributed by atoms with Gasteiger partial charge in [-0.3, -0.25) is 9.59 Å². The molecule has 2 N–H and O–H groups in total. The summed E-state index contributed by atoms with van der Waals surface area (Å²) in [4.78, 5) is 25.7. The summed E-state index contributed by atoms with van der Waals surface area (Å²) in [6.45, 7) is 1.98. The fraction of sp³-hybridized carbons (Fsp3) is 0.364. The van der Waals surface area contributed by atoms with Crippen molar-refractivity contribution in [3.63, 3.8) is 0 Å². The minimum Gasteiger partial charge on any atom is -0.497 e. The van der Waals surface area contributed by atoms with E-state index >= 15 is 0 Å². The first-order valence-electron chi connectivity index (χ1n) is 9.61. The molecule has 0 unspecified atom stereocenters. The first-order valence-corrected chi connectivity index (χ1v) is 10.4. The molecule has 3 rings (SSSR count). The highest BCUT2D eigenvalue weighted by Crippen LogP contribution is 2.40. The fourth-order valence-electron chi connectivity index (χ4n) is 3.16. The molecule has 29 heavy (non-hydrogen) atoms. The molecule has 0 aromatic heterocycles. The van der Waals surface area contributed by atoms with Crippen molar-refractivity contribution in [1.82, 2.24) is 10.6 Å². The monoisotopic (exact) mass is 414 g/mol. The Labute approximate surface area is 175 Å². The Morgan fingerprint density at radius 3 is 2.48 bits per heavy atom. The Kier molecular flexibility index (Phi) is 7.55. The Balaban J connectivity index is 1.54. The number of carbonyl (C=O) groups is 2. The zero-order valence-corrected chi connectivity index (χ0v) is 17.3. The van der Waals surface area contributed by atoms with Crippen LogP contribution >= 0.6 is 11.8 Å². The van der Waals surface area contributed by atoms with Crippen LogP contribution in [0.2, 0.25) is 0 Å². The van der Waals surface area contributed by atoms with Gasteiger partial charge in [-0.05, 0) is 42.7 Å². The van der Waals surface area contributed by atoms with Gasteiger partial charge in [0, 0.05) is 35.9 Å². The third-order valence-electron chi connectivity index (χ3n) is 4.85. The van der Waals surface area contributed by atoms with Gasteiger partial charge < -0.3 is 20.1 Å². The number of ether oxygens (including phenoxy) is 2. The molecule has 154 valence electrons. The standard InChI is InChI=1S/C22H26N2O4S/c1-27-18-7-5-6-17(14-18)15-23-20(25)21(26)24-16-22(10-12-28-13-11-22)29-19-8-3-2-4-9-19/h2-9,14H,10-13,15-16H2,1H3,(H,23,25)(H,24,26). The molecule has 1 heterocycles. The lowest BCUT2D eigenvalue weighted by molar-refractivity contribution is -0.139. The molecule has 0 aliphatic carbocycles. The zero-order valence-electron chi connectivity index (χ0n) is 16.5. The molecular weight excluding hydrogens is 388 g/mol. The second-order valence-corrected chi connectivity index (χ2v) is 8.47. The van der Waals surface area contributed by atoms with Crippen LogP contribution in [0.15, 0.2) is 59.5 Å². The summed E-state index contributed by atoms with van der Waals surface area (Å²) in [6.07, 6.45) is 1.64. The minimum atomic E-state index is -0.639. The van der Waals surface area contributed by atoms with Gasteiger partial charge in [-0.15, -0.1) is 11.8 Å². The average Bonchev–Trinajstić information content (AvgIpc) is 2.77. The molecule has 0 atom stereocenters. The van der Waals surface area contributed by atoms with E-state index in [1.807, 2.05) is 42.5 Å². The molecule has 0 saturated carbocycles. The lowest BCUT2D eigenvalue weighted by Crippen LogP contribution is -2.48. The average molecular weight is 415 g/mol. The van der Waals surface area contributed by atoms with Crippen molar-refractivity contribution in [2.75, 3.05) is 26.9 Å². The van der Waals surface area contributed by atoms with Gasteiger partial charge in [0.2, 0.25) is 0 Å². The van der Waals surface area contributed by atoms with Crippen LogP contribution < -0.4 is 15.4 Å². The highest BCUT2D eigenvalue weighted by atomic mass is 32.2. The number of thioether (sulfide) groups is 1. The van der Waals surface area contributed by atoms with Gasteiger partial charge in [-0.2, -0.15) is 0 Å². The van der Waals surface area contributed by atoms with Gasteiger partial charge in [0.25, 0.3) is 0 Å². The summed E-state index contributed by atoms with van der Waals surface area (Å²) in [7, 11) is 1.59. The van der Waals surface area contributed by atoms with Gasteiger partial charge in [-0.25, -0.2) is 0 Å². The van der Waals surface area contributed by atoms with Gasteiger partial charge in [-0.1, -0.05) is 30.3 Å². The second-order valence-electron chi connectivity index (χ2n) is 6.93. The smallest absolute Gasteiger partial charge is 0.309 e. The maximum absolute atomic E-state index is 12.3. The molecule has 2 amide bonds. The Morgan fingerprint density at radius 2 is 1.76 bits per heavy atom. The Morgan fingerprint density at radius 1 is 1.03 bits per heavy atom. The molecule has 2 aromatic rings. The molecular formula is C22H26N2O4S. The topological polar surface area (TPSA) is 76.7 Å². The summed E-state index contributed by atoms with van der Waals surface area (Å²) in [6, 6.07) is 17.5. The Bertz CT molecular complexity index is 823. The lowest BCUT2D eigenvalue weighted by atomic mass is 9.99. The van der Waals surface area contributed by atoms with Crippen molar-refractivity contribution in [2.24, 2.45) is 0 Å². The number of rotatable bonds is 7. The van der Waals surface area contributed by atoms with Crippen LogP contribution in [0.1, 0.15) is 18.4 Å². The van der Waals surface area contributed by atoms with Crippen LogP contribution in [-0.4, -0.2) is 43.4 Å². The number of benzene rings is 2. The van der Waals surface area contributed by atoms with Crippen LogP contribution in [0.5, 0.6) is 5.75 Å². The van der Waals surface area contributed by atoms with E-state index in [4.69, 9.17) is 9.47 Å². The summed E-state index contributed by atoms with van der Waals surface area (Å²) in [5.74, 6) is -0.548. The van der Waals surface area contributed by atoms with Crippen LogP contribution in [0.3, 0.4) is 0 Å². The van der Waals surface area contributed by atoms with E-state index in [-0.39, 0.29) is 11.3 Å². The van der Waals surface area contributed by atoms with E-state index in [1.165, 1.54) is 0 Å². The summed E-state index contributed by atoms with van der Waals surface area (Å²) in [5.41, 5.74) is 0.867. The zero-order chi connectivity index (χ0) is 20.5. The molecule has 1 aliphatic heterocycles. The van der Waals surface area contributed by atoms with Crippen LogP contribution in [0.4, 0.5) is 0 Å². The molecule has 1 aliphatic rings. The predicted octanol–water partition coefficient (Wildman–Crippen LogP) is 2.77. The molecule has 0 spiro atoms. The van der Waals surface area contributed by atoms with Crippen LogP contribution in [0, 0.1) is 0 Å². The van der Waals surface area contributed by atoms with Gasteiger partial charge in [0.05, 0.1) is 7.11 Å². The summed E-state index contributed by atoms with van der Waals surface area (Å²) in [5, 5.41) is 5.48. The van der Waals surface area contributed by atoms with Gasteiger partial charge in [0.15, 0.2) is 0 Å². The fourth-order valence-corrected chi connectivity index (χ4v) is 4.47. The van der Waals surface area contributed by atoms with Crippen molar-refractivity contribution in [1.29, 1.82) is 0 Å². The van der Waals surface area contributed by atoms with Crippen LogP contribution in [0.25, 0.3) is 0 Å². The third kappa shape index (κ3) is 6.24. The second kappa shape index (κ2) is 10.3. The normalized spacial score (nSPS) is 15.3. The maximum atomic E-state index is 12.3. The van der Waals surface area contributed by atoms with E-state index in [1.54, 1.807) is 18.9 Å². The molecule has 1 fully saturated rings. The van der Waals surface area contributed by atoms with E-state index in [9.17, 15) is 9.59 Å². The van der Waals surface area contributed by atoms with Crippen molar-refractivity contribution >= 4 is 23.6 Å². The maximum Gasteiger partial charge on any atom is 0.309 e. The summed E-state index contributed by atoms with van der Waals surface area (Å²) >= 11 is 1.74. The molecule has 0 radical (unpaired) electrons. The SMILES string of the molecule is COc1cccc(CNC(=O)C(=O)NCC2(Sc3ccccc3)CCOCC2)c1. The van der Waals surface area contributed by atoms with Crippen molar-refractivity contribution in [3.8, 4) is 5.75 Å². The van der Waals surface area contributed by atoms with Gasteiger partial charge >= 0.3 is 11.8 Å². The quantitative estimate of drug-likeness (QED) is 0.682. The number of methoxy groups -OCH3 is 1. The molecule has 0 bridgehead atoms. The highest BCUT2D eigenvalue weighted by molar-refractivity contribution is 8.00. The number of amides is 2. The van der Waals surface area contributed by atoms with Crippen molar-refractivity contribution in [3.05, 3.63) is 60.2 Å². The molecule has 2 aromatic carbocycles. The van der Waals surface area contributed by atoms with Gasteiger partial charge in [0.1, 0.15) is 5.75 Å².